The minimum absolute atomic E-state index is 0.0961. The van der Waals surface area contributed by atoms with Gasteiger partial charge in [-0.2, -0.15) is 0 Å². The van der Waals surface area contributed by atoms with Crippen LogP contribution in [0.5, 0.6) is 11.5 Å². The van der Waals surface area contributed by atoms with Crippen LogP contribution in [-0.4, -0.2) is 37.5 Å². The van der Waals surface area contributed by atoms with E-state index >= 15 is 0 Å². The molecule has 4 rings (SSSR count). The van der Waals surface area contributed by atoms with Gasteiger partial charge >= 0.3 is 0 Å². The minimum Gasteiger partial charge on any atom is -0.486 e. The Kier molecular flexibility index (Phi) is 4.93. The van der Waals surface area contributed by atoms with E-state index in [2.05, 4.69) is 42.2 Å². The molecule has 0 N–H and O–H groups in total. The Morgan fingerprint density at radius 1 is 1.12 bits per heavy atom. The lowest BCUT2D eigenvalue weighted by atomic mass is 9.97. The molecule has 2 atom stereocenters. The summed E-state index contributed by atoms with van der Waals surface area (Å²) in [5.41, 5.74) is 3.81. The first-order valence-electron chi connectivity index (χ1n) is 9.38. The predicted octanol–water partition coefficient (Wildman–Crippen LogP) is 3.89. The number of carbonyl (C=O) groups excluding carboxylic acids is 1. The number of ether oxygens (including phenoxy) is 2. The SMILES string of the molecule is Cc1ccc(C2CCN(C(CC=O)c3ccc4c(c3)OCCO4)C2)cc1. The van der Waals surface area contributed by atoms with Crippen molar-refractivity contribution in [1.82, 2.24) is 4.90 Å². The first kappa shape index (κ1) is 17.1. The van der Waals surface area contributed by atoms with E-state index in [-0.39, 0.29) is 6.04 Å². The molecule has 2 unspecified atom stereocenters. The Labute approximate surface area is 154 Å². The van der Waals surface area contributed by atoms with Gasteiger partial charge in [-0.3, -0.25) is 4.90 Å². The van der Waals surface area contributed by atoms with Crippen molar-refractivity contribution in [2.45, 2.75) is 31.7 Å². The second-order valence-corrected chi connectivity index (χ2v) is 7.21. The molecule has 0 radical (unpaired) electrons. The second-order valence-electron chi connectivity index (χ2n) is 7.21. The van der Waals surface area contributed by atoms with Gasteiger partial charge in [-0.1, -0.05) is 35.9 Å². The van der Waals surface area contributed by atoms with Gasteiger partial charge in [-0.15, -0.1) is 0 Å². The summed E-state index contributed by atoms with van der Waals surface area (Å²) < 4.78 is 11.3. The van der Waals surface area contributed by atoms with E-state index in [0.29, 0.717) is 25.6 Å². The Morgan fingerprint density at radius 3 is 2.65 bits per heavy atom. The van der Waals surface area contributed by atoms with Crippen LogP contribution in [0.3, 0.4) is 0 Å². The molecule has 0 spiro atoms. The Balaban J connectivity index is 1.53. The van der Waals surface area contributed by atoms with Crippen molar-refractivity contribution in [3.05, 3.63) is 59.2 Å². The zero-order valence-corrected chi connectivity index (χ0v) is 15.2. The van der Waals surface area contributed by atoms with Crippen LogP contribution in [0.1, 0.15) is 41.5 Å². The van der Waals surface area contributed by atoms with Crippen molar-refractivity contribution in [3.63, 3.8) is 0 Å². The number of carbonyl (C=O) groups is 1. The Hall–Kier alpha value is -2.33. The van der Waals surface area contributed by atoms with Crippen LogP contribution >= 0.6 is 0 Å². The highest BCUT2D eigenvalue weighted by Crippen LogP contribution is 2.38. The number of rotatable bonds is 5. The fourth-order valence-electron chi connectivity index (χ4n) is 4.04. The number of aldehydes is 1. The third-order valence-electron chi connectivity index (χ3n) is 5.48. The lowest BCUT2D eigenvalue weighted by Gasteiger charge is -2.28. The molecule has 2 aliphatic heterocycles. The minimum atomic E-state index is 0.0961. The van der Waals surface area contributed by atoms with Gasteiger partial charge in [0.1, 0.15) is 19.5 Å². The topological polar surface area (TPSA) is 38.8 Å². The summed E-state index contributed by atoms with van der Waals surface area (Å²) in [4.78, 5) is 13.8. The van der Waals surface area contributed by atoms with Crippen LogP contribution < -0.4 is 9.47 Å². The number of benzene rings is 2. The van der Waals surface area contributed by atoms with Crippen LogP contribution in [0.15, 0.2) is 42.5 Å². The third kappa shape index (κ3) is 3.47. The highest BCUT2D eigenvalue weighted by atomic mass is 16.6. The smallest absolute Gasteiger partial charge is 0.161 e. The maximum atomic E-state index is 11.3. The van der Waals surface area contributed by atoms with Crippen molar-refractivity contribution in [3.8, 4) is 11.5 Å². The van der Waals surface area contributed by atoms with Gasteiger partial charge < -0.3 is 14.3 Å². The van der Waals surface area contributed by atoms with Gasteiger partial charge in [0.15, 0.2) is 11.5 Å². The summed E-state index contributed by atoms with van der Waals surface area (Å²) in [5, 5.41) is 0. The maximum absolute atomic E-state index is 11.3. The molecule has 0 saturated carbocycles. The van der Waals surface area contributed by atoms with Gasteiger partial charge in [-0.05, 0) is 49.1 Å². The number of hydrogen-bond acceptors (Lipinski definition) is 4. The molecule has 2 aromatic carbocycles. The van der Waals surface area contributed by atoms with Crippen molar-refractivity contribution in [1.29, 1.82) is 0 Å². The first-order chi connectivity index (χ1) is 12.7. The van der Waals surface area contributed by atoms with Crippen molar-refractivity contribution < 1.29 is 14.3 Å². The van der Waals surface area contributed by atoms with Crippen LogP contribution in [0, 0.1) is 6.92 Å². The normalized spacial score (nSPS) is 20.7. The number of hydrogen-bond donors (Lipinski definition) is 0. The van der Waals surface area contributed by atoms with Crippen LogP contribution in [-0.2, 0) is 4.79 Å². The summed E-state index contributed by atoms with van der Waals surface area (Å²) >= 11 is 0. The molecule has 2 heterocycles. The molecule has 1 saturated heterocycles. The average Bonchev–Trinajstić information content (AvgIpc) is 3.16. The van der Waals surface area contributed by atoms with Gasteiger partial charge in [0.2, 0.25) is 0 Å². The highest BCUT2D eigenvalue weighted by Gasteiger charge is 2.30. The molecular weight excluding hydrogens is 326 g/mol. The monoisotopic (exact) mass is 351 g/mol. The molecule has 0 aliphatic carbocycles. The zero-order chi connectivity index (χ0) is 17.9. The largest absolute Gasteiger partial charge is 0.486 e. The summed E-state index contributed by atoms with van der Waals surface area (Å²) in [5.74, 6) is 2.12. The summed E-state index contributed by atoms with van der Waals surface area (Å²) in [6.07, 6.45) is 2.66. The maximum Gasteiger partial charge on any atom is 0.161 e. The fourth-order valence-corrected chi connectivity index (χ4v) is 4.04. The van der Waals surface area contributed by atoms with Crippen LogP contribution in [0.4, 0.5) is 0 Å². The molecule has 0 amide bonds. The van der Waals surface area contributed by atoms with Gasteiger partial charge in [-0.25, -0.2) is 0 Å². The van der Waals surface area contributed by atoms with E-state index in [4.69, 9.17) is 9.47 Å². The molecule has 0 bridgehead atoms. The predicted molar refractivity (Wildman–Crippen MR) is 101 cm³/mol. The van der Waals surface area contributed by atoms with E-state index in [1.807, 2.05) is 12.1 Å². The van der Waals surface area contributed by atoms with Crippen molar-refractivity contribution in [2.24, 2.45) is 0 Å². The van der Waals surface area contributed by atoms with Crippen LogP contribution in [0.2, 0.25) is 0 Å². The Morgan fingerprint density at radius 2 is 1.88 bits per heavy atom. The van der Waals surface area contributed by atoms with Gasteiger partial charge in [0, 0.05) is 19.0 Å². The fraction of sp³-hybridized carbons (Fsp3) is 0.409. The first-order valence-corrected chi connectivity index (χ1v) is 9.38. The molecule has 0 aromatic heterocycles. The molecule has 2 aliphatic rings. The van der Waals surface area contributed by atoms with Gasteiger partial charge in [0.05, 0.1) is 0 Å². The van der Waals surface area contributed by atoms with E-state index < -0.39 is 0 Å². The molecule has 4 nitrogen and oxygen atoms in total. The molecule has 26 heavy (non-hydrogen) atoms. The highest BCUT2D eigenvalue weighted by molar-refractivity contribution is 5.53. The average molecular weight is 351 g/mol. The number of likely N-dealkylation sites (tertiary alicyclic amines) is 1. The lowest BCUT2D eigenvalue weighted by molar-refractivity contribution is -0.108. The molecule has 136 valence electrons. The molecule has 2 aromatic rings. The van der Waals surface area contributed by atoms with E-state index in [1.54, 1.807) is 0 Å². The zero-order valence-electron chi connectivity index (χ0n) is 15.2. The number of nitrogens with zero attached hydrogens (tertiary/aromatic N) is 1. The van der Waals surface area contributed by atoms with Crippen molar-refractivity contribution >= 4 is 6.29 Å². The quantitative estimate of drug-likeness (QED) is 0.766. The van der Waals surface area contributed by atoms with E-state index in [1.165, 1.54) is 11.1 Å². The summed E-state index contributed by atoms with van der Waals surface area (Å²) in [6, 6.07) is 15.0. The van der Waals surface area contributed by atoms with Crippen molar-refractivity contribution in [2.75, 3.05) is 26.3 Å². The van der Waals surface area contributed by atoms with Crippen LogP contribution in [0.25, 0.3) is 0 Å². The van der Waals surface area contributed by atoms with Gasteiger partial charge in [0.25, 0.3) is 0 Å². The lowest BCUT2D eigenvalue weighted by Crippen LogP contribution is -2.27. The number of fused-ring (bicyclic) bond motifs is 1. The van der Waals surface area contributed by atoms with E-state index in [0.717, 1.165) is 42.9 Å². The number of aryl methyl sites for hydroxylation is 1. The molecular formula is C22H25NO3. The molecule has 4 heteroatoms. The second kappa shape index (κ2) is 7.50. The molecule has 1 fully saturated rings. The van der Waals surface area contributed by atoms with E-state index in [9.17, 15) is 4.79 Å². The summed E-state index contributed by atoms with van der Waals surface area (Å²) in [7, 11) is 0. The Bertz CT molecular complexity index is 771. The third-order valence-corrected chi connectivity index (χ3v) is 5.48. The standard InChI is InChI=1S/C22H25NO3/c1-16-2-4-17(5-3-16)19-8-10-23(15-19)20(9-11-24)18-6-7-21-22(14-18)26-13-12-25-21/h2-7,11,14,19-20H,8-10,12-13,15H2,1H3. The summed E-state index contributed by atoms with van der Waals surface area (Å²) in [6.45, 7) is 5.27.